The summed E-state index contributed by atoms with van der Waals surface area (Å²) in [6, 6.07) is 1.52. The van der Waals surface area contributed by atoms with Gasteiger partial charge in [-0.25, -0.2) is 0 Å². The molecule has 1 aliphatic heterocycles. The highest BCUT2D eigenvalue weighted by molar-refractivity contribution is 4.91. The molecule has 0 aromatic rings. The van der Waals surface area contributed by atoms with Crippen LogP contribution in [0.5, 0.6) is 0 Å². The molecule has 2 aliphatic rings. The van der Waals surface area contributed by atoms with Gasteiger partial charge >= 0.3 is 0 Å². The summed E-state index contributed by atoms with van der Waals surface area (Å²) in [7, 11) is 0. The van der Waals surface area contributed by atoms with Gasteiger partial charge in [-0.2, -0.15) is 0 Å². The zero-order valence-corrected chi connectivity index (χ0v) is 9.73. The number of aliphatic hydroxyl groups is 1. The smallest absolute Gasteiger partial charge is 0.0589 e. The number of nitrogens with zero attached hydrogens (tertiary/aromatic N) is 1. The van der Waals surface area contributed by atoms with E-state index in [0.29, 0.717) is 30.7 Å². The topological polar surface area (TPSA) is 49.5 Å². The molecule has 2 fully saturated rings. The van der Waals surface area contributed by atoms with Crippen LogP contribution in [0.4, 0.5) is 0 Å². The predicted molar refractivity (Wildman–Crippen MR) is 61.6 cm³/mol. The third-order valence-electron chi connectivity index (χ3n) is 4.32. The van der Waals surface area contributed by atoms with Crippen LogP contribution in [0.3, 0.4) is 0 Å². The molecule has 0 spiro atoms. The number of nitrogens with two attached hydrogens (primary N) is 1. The van der Waals surface area contributed by atoms with Crippen molar-refractivity contribution in [2.75, 3.05) is 13.2 Å². The summed E-state index contributed by atoms with van der Waals surface area (Å²) in [5.41, 5.74) is 5.92. The van der Waals surface area contributed by atoms with Crippen molar-refractivity contribution in [1.82, 2.24) is 4.90 Å². The molecule has 1 saturated carbocycles. The fraction of sp³-hybridized carbons (Fsp3) is 1.00. The lowest BCUT2D eigenvalue weighted by Crippen LogP contribution is -2.45. The Kier molecular flexibility index (Phi) is 3.65. The van der Waals surface area contributed by atoms with E-state index in [4.69, 9.17) is 5.73 Å². The maximum atomic E-state index is 9.42. The first-order valence-corrected chi connectivity index (χ1v) is 6.34. The van der Waals surface area contributed by atoms with E-state index < -0.39 is 0 Å². The molecule has 88 valence electrons. The Morgan fingerprint density at radius 2 is 1.87 bits per heavy atom. The molecule has 1 aliphatic carbocycles. The van der Waals surface area contributed by atoms with Crippen molar-refractivity contribution < 1.29 is 5.11 Å². The van der Waals surface area contributed by atoms with E-state index in [1.165, 1.54) is 25.8 Å². The van der Waals surface area contributed by atoms with Crippen molar-refractivity contribution in [3.63, 3.8) is 0 Å². The first-order valence-electron chi connectivity index (χ1n) is 6.34. The van der Waals surface area contributed by atoms with Gasteiger partial charge in [-0.05, 0) is 44.6 Å². The second-order valence-corrected chi connectivity index (χ2v) is 5.32. The molecular weight excluding hydrogens is 188 g/mol. The molecule has 0 amide bonds. The first kappa shape index (κ1) is 11.4. The van der Waals surface area contributed by atoms with Gasteiger partial charge in [-0.1, -0.05) is 6.92 Å². The van der Waals surface area contributed by atoms with Gasteiger partial charge in [0.2, 0.25) is 0 Å². The SMILES string of the molecule is CC1CCN(C2CCC(N)CC2)C1CO. The van der Waals surface area contributed by atoms with Gasteiger partial charge < -0.3 is 10.8 Å². The maximum absolute atomic E-state index is 9.42. The molecule has 1 saturated heterocycles. The van der Waals surface area contributed by atoms with E-state index >= 15 is 0 Å². The Bertz CT molecular complexity index is 202. The summed E-state index contributed by atoms with van der Waals surface area (Å²) in [4.78, 5) is 2.54. The molecule has 0 radical (unpaired) electrons. The van der Waals surface area contributed by atoms with Gasteiger partial charge in [0.05, 0.1) is 6.61 Å². The first-order chi connectivity index (χ1) is 7.22. The Morgan fingerprint density at radius 1 is 1.20 bits per heavy atom. The van der Waals surface area contributed by atoms with E-state index in [-0.39, 0.29) is 0 Å². The minimum atomic E-state index is 0.323. The van der Waals surface area contributed by atoms with Gasteiger partial charge in [0.25, 0.3) is 0 Å². The summed E-state index contributed by atoms with van der Waals surface area (Å²) >= 11 is 0. The maximum Gasteiger partial charge on any atom is 0.0589 e. The fourth-order valence-corrected chi connectivity index (χ4v) is 3.21. The zero-order chi connectivity index (χ0) is 10.8. The minimum absolute atomic E-state index is 0.323. The molecule has 3 heteroatoms. The molecular formula is C12H24N2O. The van der Waals surface area contributed by atoms with Gasteiger partial charge in [-0.3, -0.25) is 4.90 Å². The van der Waals surface area contributed by atoms with Crippen LogP contribution in [0.15, 0.2) is 0 Å². The normalized spacial score (nSPS) is 43.4. The molecule has 3 N–H and O–H groups in total. The molecule has 3 nitrogen and oxygen atoms in total. The number of rotatable bonds is 2. The highest BCUT2D eigenvalue weighted by Crippen LogP contribution is 2.31. The largest absolute Gasteiger partial charge is 0.395 e. The van der Waals surface area contributed by atoms with Crippen LogP contribution < -0.4 is 5.73 Å². The van der Waals surface area contributed by atoms with Crippen molar-refractivity contribution in [3.8, 4) is 0 Å². The standard InChI is InChI=1S/C12H24N2O/c1-9-6-7-14(12(9)8-15)11-4-2-10(13)3-5-11/h9-12,15H,2-8,13H2,1H3. The minimum Gasteiger partial charge on any atom is -0.395 e. The molecule has 2 unspecified atom stereocenters. The van der Waals surface area contributed by atoms with Gasteiger partial charge in [0.15, 0.2) is 0 Å². The predicted octanol–water partition coefficient (Wildman–Crippen LogP) is 0.959. The highest BCUT2D eigenvalue weighted by Gasteiger charge is 2.36. The van der Waals surface area contributed by atoms with Crippen LogP contribution in [0.2, 0.25) is 0 Å². The highest BCUT2D eigenvalue weighted by atomic mass is 16.3. The Hall–Kier alpha value is -0.120. The van der Waals surface area contributed by atoms with Crippen LogP contribution in [0, 0.1) is 5.92 Å². The quantitative estimate of drug-likeness (QED) is 0.717. The van der Waals surface area contributed by atoms with Crippen molar-refractivity contribution in [2.45, 2.75) is 57.2 Å². The van der Waals surface area contributed by atoms with Crippen LogP contribution in [0.25, 0.3) is 0 Å². The van der Waals surface area contributed by atoms with Gasteiger partial charge in [-0.15, -0.1) is 0 Å². The Balaban J connectivity index is 1.92. The molecule has 15 heavy (non-hydrogen) atoms. The lowest BCUT2D eigenvalue weighted by atomic mass is 9.90. The zero-order valence-electron chi connectivity index (χ0n) is 9.73. The van der Waals surface area contributed by atoms with E-state index in [9.17, 15) is 5.11 Å². The summed E-state index contributed by atoms with van der Waals surface area (Å²) in [6.45, 7) is 3.76. The third kappa shape index (κ3) is 2.35. The summed E-state index contributed by atoms with van der Waals surface area (Å²) < 4.78 is 0. The van der Waals surface area contributed by atoms with E-state index in [2.05, 4.69) is 11.8 Å². The number of hydrogen-bond donors (Lipinski definition) is 2. The van der Waals surface area contributed by atoms with Crippen molar-refractivity contribution in [2.24, 2.45) is 11.7 Å². The average molecular weight is 212 g/mol. The summed E-state index contributed by atoms with van der Waals surface area (Å²) in [6.07, 6.45) is 6.02. The lowest BCUT2D eigenvalue weighted by Gasteiger charge is -2.37. The lowest BCUT2D eigenvalue weighted by molar-refractivity contribution is 0.0816. The number of likely N-dealkylation sites (tertiary alicyclic amines) is 1. The van der Waals surface area contributed by atoms with Crippen molar-refractivity contribution in [3.05, 3.63) is 0 Å². The molecule has 1 heterocycles. The number of aliphatic hydroxyl groups excluding tert-OH is 1. The molecule has 2 atom stereocenters. The van der Waals surface area contributed by atoms with E-state index in [1.807, 2.05) is 0 Å². The Morgan fingerprint density at radius 3 is 2.47 bits per heavy atom. The van der Waals surface area contributed by atoms with Crippen LogP contribution in [-0.2, 0) is 0 Å². The van der Waals surface area contributed by atoms with Gasteiger partial charge in [0.1, 0.15) is 0 Å². The average Bonchev–Trinajstić information content (AvgIpc) is 2.61. The summed E-state index contributed by atoms with van der Waals surface area (Å²) in [5, 5.41) is 9.42. The Labute approximate surface area is 92.6 Å². The number of hydrogen-bond acceptors (Lipinski definition) is 3. The fourth-order valence-electron chi connectivity index (χ4n) is 3.21. The van der Waals surface area contributed by atoms with Crippen LogP contribution in [-0.4, -0.2) is 41.3 Å². The van der Waals surface area contributed by atoms with Crippen molar-refractivity contribution >= 4 is 0 Å². The summed E-state index contributed by atoms with van der Waals surface area (Å²) in [5.74, 6) is 0.658. The molecule has 0 bridgehead atoms. The van der Waals surface area contributed by atoms with Crippen molar-refractivity contribution in [1.29, 1.82) is 0 Å². The van der Waals surface area contributed by atoms with Crippen LogP contribution in [0.1, 0.15) is 39.0 Å². The third-order valence-corrected chi connectivity index (χ3v) is 4.32. The monoisotopic (exact) mass is 212 g/mol. The van der Waals surface area contributed by atoms with E-state index in [1.54, 1.807) is 0 Å². The molecule has 2 rings (SSSR count). The molecule has 0 aromatic heterocycles. The van der Waals surface area contributed by atoms with E-state index in [0.717, 1.165) is 12.8 Å². The van der Waals surface area contributed by atoms with Crippen LogP contribution >= 0.6 is 0 Å². The molecule has 0 aromatic carbocycles. The second kappa shape index (κ2) is 4.81. The second-order valence-electron chi connectivity index (χ2n) is 5.32. The van der Waals surface area contributed by atoms with Gasteiger partial charge in [0, 0.05) is 18.1 Å².